The average molecular weight is 734 g/mol. The fourth-order valence-electron chi connectivity index (χ4n) is 7.12. The van der Waals surface area contributed by atoms with Gasteiger partial charge in [-0.3, -0.25) is 9.69 Å². The normalized spacial score (nSPS) is 16.4. The number of piperazine rings is 1. The largest absolute Gasteiger partial charge is 0.363 e. The quantitative estimate of drug-likeness (QED) is 0.132. The topological polar surface area (TPSA) is 79.0 Å². The Balaban J connectivity index is 1.30. The van der Waals surface area contributed by atoms with E-state index in [1.54, 1.807) is 46.8 Å². The second-order valence-corrected chi connectivity index (χ2v) is 16.4. The van der Waals surface area contributed by atoms with Crippen molar-refractivity contribution in [3.63, 3.8) is 0 Å². The lowest BCUT2D eigenvalue weighted by Crippen LogP contribution is -2.59. The zero-order chi connectivity index (χ0) is 37.4. The Morgan fingerprint density at radius 1 is 0.792 bits per heavy atom. The van der Waals surface area contributed by atoms with Gasteiger partial charge >= 0.3 is 0 Å². The van der Waals surface area contributed by atoms with Crippen molar-refractivity contribution in [1.29, 1.82) is 0 Å². The summed E-state index contributed by atoms with van der Waals surface area (Å²) < 4.78 is 51.8. The Morgan fingerprint density at radius 3 is 1.94 bits per heavy atom. The standard InChI is InChI=1S/C44H48FN3O4S/c1-44(2,3)47-29-30-48(53(50,51)37-23-14-7-15-24-37)36(31-47)27-28-38-39(45)25-16-26-40(38)46-43(49)42(52-32-33-17-8-4-9-18-33)41(34-19-10-5-11-20-34)35-21-12-6-13-22-35/h4-26,36,41-42H,27-32H2,1-3H3,(H,46,49)/t36-,42?/m0/s1. The summed E-state index contributed by atoms with van der Waals surface area (Å²) in [5.74, 6) is -1.33. The first-order valence-electron chi connectivity index (χ1n) is 18.2. The molecule has 5 aromatic carbocycles. The van der Waals surface area contributed by atoms with Crippen molar-refractivity contribution in [3.8, 4) is 0 Å². The highest BCUT2D eigenvalue weighted by Gasteiger charge is 2.39. The van der Waals surface area contributed by atoms with E-state index in [4.69, 9.17) is 4.74 Å². The summed E-state index contributed by atoms with van der Waals surface area (Å²) in [5.41, 5.74) is 3.22. The molecule has 1 aliphatic rings. The zero-order valence-electron chi connectivity index (χ0n) is 30.6. The van der Waals surface area contributed by atoms with Gasteiger partial charge in [0.15, 0.2) is 0 Å². The number of carbonyl (C=O) groups is 1. The molecule has 53 heavy (non-hydrogen) atoms. The lowest BCUT2D eigenvalue weighted by Gasteiger charge is -2.46. The van der Waals surface area contributed by atoms with E-state index in [-0.39, 0.29) is 23.5 Å². The number of benzene rings is 5. The second-order valence-electron chi connectivity index (χ2n) is 14.5. The number of nitrogens with zero attached hydrogens (tertiary/aromatic N) is 2. The van der Waals surface area contributed by atoms with E-state index in [0.717, 1.165) is 16.7 Å². The van der Waals surface area contributed by atoms with Crippen LogP contribution in [0.15, 0.2) is 144 Å². The summed E-state index contributed by atoms with van der Waals surface area (Å²) in [7, 11) is -3.80. The second kappa shape index (κ2) is 17.0. The molecule has 1 fully saturated rings. The third-order valence-corrected chi connectivity index (χ3v) is 11.9. The molecular weight excluding hydrogens is 686 g/mol. The molecule has 0 aromatic heterocycles. The van der Waals surface area contributed by atoms with Gasteiger partial charge in [-0.25, -0.2) is 12.8 Å². The third kappa shape index (κ3) is 9.29. The van der Waals surface area contributed by atoms with Gasteiger partial charge in [-0.05, 0) is 74.6 Å². The van der Waals surface area contributed by atoms with Crippen molar-refractivity contribution in [3.05, 3.63) is 168 Å². The molecule has 1 aliphatic heterocycles. The Hall–Kier alpha value is -4.67. The maximum Gasteiger partial charge on any atom is 0.254 e. The number of sulfonamides is 1. The smallest absolute Gasteiger partial charge is 0.254 e. The van der Waals surface area contributed by atoms with E-state index in [1.807, 2.05) is 91.0 Å². The van der Waals surface area contributed by atoms with Crippen LogP contribution in [0.1, 0.15) is 55.4 Å². The van der Waals surface area contributed by atoms with E-state index in [0.29, 0.717) is 37.3 Å². The SMILES string of the molecule is CC(C)(C)N1CCN(S(=O)(=O)c2ccccc2)[C@@H](CCc2c(F)cccc2NC(=O)C(OCc2ccccc2)C(c2ccccc2)c2ccccc2)C1. The summed E-state index contributed by atoms with van der Waals surface area (Å²) in [6, 6.07) is 42.0. The number of ether oxygens (including phenoxy) is 1. The van der Waals surface area contributed by atoms with Gasteiger partial charge in [-0.1, -0.05) is 115 Å². The van der Waals surface area contributed by atoms with Crippen LogP contribution in [-0.2, 0) is 32.6 Å². The summed E-state index contributed by atoms with van der Waals surface area (Å²) in [4.78, 5) is 17.0. The summed E-state index contributed by atoms with van der Waals surface area (Å²) >= 11 is 0. The van der Waals surface area contributed by atoms with Gasteiger partial charge in [0, 0.05) is 48.4 Å². The molecular formula is C44H48FN3O4S. The van der Waals surface area contributed by atoms with Crippen LogP contribution in [0.4, 0.5) is 10.1 Å². The van der Waals surface area contributed by atoms with Crippen molar-refractivity contribution in [2.45, 2.75) is 68.7 Å². The minimum absolute atomic E-state index is 0.180. The summed E-state index contributed by atoms with van der Waals surface area (Å²) in [6.45, 7) is 7.95. The molecule has 1 saturated heterocycles. The van der Waals surface area contributed by atoms with E-state index in [2.05, 4.69) is 31.0 Å². The first-order valence-corrected chi connectivity index (χ1v) is 19.6. The van der Waals surface area contributed by atoms with Crippen LogP contribution in [0, 0.1) is 5.82 Å². The van der Waals surface area contributed by atoms with Crippen LogP contribution < -0.4 is 5.32 Å². The number of hydrogen-bond donors (Lipinski definition) is 1. The lowest BCUT2D eigenvalue weighted by atomic mass is 9.86. The molecule has 0 spiro atoms. The predicted octanol–water partition coefficient (Wildman–Crippen LogP) is 8.29. The molecule has 276 valence electrons. The minimum Gasteiger partial charge on any atom is -0.363 e. The molecule has 9 heteroatoms. The van der Waals surface area contributed by atoms with Crippen molar-refractivity contribution < 1.29 is 22.3 Å². The lowest BCUT2D eigenvalue weighted by molar-refractivity contribution is -0.129. The fraction of sp³-hybridized carbons (Fsp3) is 0.295. The maximum atomic E-state index is 15.9. The molecule has 1 amide bonds. The van der Waals surface area contributed by atoms with Gasteiger partial charge in [0.1, 0.15) is 11.9 Å². The molecule has 2 atom stereocenters. The predicted molar refractivity (Wildman–Crippen MR) is 209 cm³/mol. The van der Waals surface area contributed by atoms with Gasteiger partial charge in [-0.15, -0.1) is 0 Å². The molecule has 0 saturated carbocycles. The van der Waals surface area contributed by atoms with Crippen LogP contribution in [0.25, 0.3) is 0 Å². The number of rotatable bonds is 13. The van der Waals surface area contributed by atoms with Crippen LogP contribution in [-0.4, -0.2) is 60.8 Å². The molecule has 6 rings (SSSR count). The fourth-order valence-corrected chi connectivity index (χ4v) is 8.78. The molecule has 0 aliphatic carbocycles. The van der Waals surface area contributed by atoms with Crippen molar-refractivity contribution in [1.82, 2.24) is 9.21 Å². The van der Waals surface area contributed by atoms with Crippen LogP contribution in [0.2, 0.25) is 0 Å². The molecule has 1 N–H and O–H groups in total. The van der Waals surface area contributed by atoms with Gasteiger partial charge in [-0.2, -0.15) is 4.31 Å². The van der Waals surface area contributed by atoms with Crippen LogP contribution >= 0.6 is 0 Å². The zero-order valence-corrected chi connectivity index (χ0v) is 31.4. The van der Waals surface area contributed by atoms with E-state index in [1.165, 1.54) is 6.07 Å². The number of nitrogens with one attached hydrogen (secondary N) is 1. The number of halogens is 1. The molecule has 1 heterocycles. The number of hydrogen-bond acceptors (Lipinski definition) is 5. The molecule has 0 bridgehead atoms. The van der Waals surface area contributed by atoms with Crippen molar-refractivity contribution >= 4 is 21.6 Å². The highest BCUT2D eigenvalue weighted by Crippen LogP contribution is 2.33. The van der Waals surface area contributed by atoms with Gasteiger partial charge in [0.2, 0.25) is 10.0 Å². The van der Waals surface area contributed by atoms with E-state index < -0.39 is 39.8 Å². The minimum atomic E-state index is -3.80. The highest BCUT2D eigenvalue weighted by molar-refractivity contribution is 7.89. The Morgan fingerprint density at radius 2 is 1.36 bits per heavy atom. The summed E-state index contributed by atoms with van der Waals surface area (Å²) in [5, 5.41) is 3.05. The van der Waals surface area contributed by atoms with Crippen LogP contribution in [0.3, 0.4) is 0 Å². The van der Waals surface area contributed by atoms with Crippen LogP contribution in [0.5, 0.6) is 0 Å². The molecule has 7 nitrogen and oxygen atoms in total. The number of amides is 1. The summed E-state index contributed by atoms with van der Waals surface area (Å²) in [6.07, 6.45) is -0.406. The molecule has 5 aromatic rings. The third-order valence-electron chi connectivity index (χ3n) is 9.98. The van der Waals surface area contributed by atoms with Crippen molar-refractivity contribution in [2.24, 2.45) is 0 Å². The first-order chi connectivity index (χ1) is 25.5. The van der Waals surface area contributed by atoms with Gasteiger partial charge in [0.05, 0.1) is 11.5 Å². The average Bonchev–Trinajstić information content (AvgIpc) is 3.17. The van der Waals surface area contributed by atoms with E-state index >= 15 is 4.39 Å². The highest BCUT2D eigenvalue weighted by atomic mass is 32.2. The Bertz CT molecular complexity index is 2000. The maximum absolute atomic E-state index is 15.9. The van der Waals surface area contributed by atoms with Crippen molar-refractivity contribution in [2.75, 3.05) is 25.0 Å². The van der Waals surface area contributed by atoms with Gasteiger partial charge < -0.3 is 10.1 Å². The Labute approximate surface area is 313 Å². The monoisotopic (exact) mass is 733 g/mol. The Kier molecular flexibility index (Phi) is 12.2. The van der Waals surface area contributed by atoms with E-state index in [9.17, 15) is 13.2 Å². The number of anilines is 1. The molecule has 1 unspecified atom stereocenters. The first kappa shape index (κ1) is 38.1. The molecule has 0 radical (unpaired) electrons. The number of carbonyl (C=O) groups excluding carboxylic acids is 1. The van der Waals surface area contributed by atoms with Gasteiger partial charge in [0.25, 0.3) is 5.91 Å².